The summed E-state index contributed by atoms with van der Waals surface area (Å²) in [5.41, 5.74) is 0.940. The number of rotatable bonds is 8. The predicted octanol–water partition coefficient (Wildman–Crippen LogP) is 4.44. The molecule has 1 heterocycles. The molecule has 4 rings (SSSR count). The molecule has 0 unspecified atom stereocenters. The van der Waals surface area contributed by atoms with Gasteiger partial charge in [0.1, 0.15) is 17.6 Å². The van der Waals surface area contributed by atoms with Crippen LogP contribution in [0.1, 0.15) is 41.6 Å². The van der Waals surface area contributed by atoms with Crippen molar-refractivity contribution in [3.8, 4) is 17.4 Å². The first kappa shape index (κ1) is 23.3. The Labute approximate surface area is 197 Å². The zero-order valence-corrected chi connectivity index (χ0v) is 18.5. The van der Waals surface area contributed by atoms with E-state index in [0.717, 1.165) is 25.7 Å². The van der Waals surface area contributed by atoms with Gasteiger partial charge in [0.15, 0.2) is 0 Å². The molecule has 0 bridgehead atoms. The Morgan fingerprint density at radius 3 is 2.41 bits per heavy atom. The van der Waals surface area contributed by atoms with E-state index in [4.69, 9.17) is 9.47 Å². The highest BCUT2D eigenvalue weighted by Gasteiger charge is 2.24. The Bertz CT molecular complexity index is 1130. The van der Waals surface area contributed by atoms with Crippen LogP contribution in [0.15, 0.2) is 66.9 Å². The minimum Gasteiger partial charge on any atom is -0.488 e. The zero-order valence-electron chi connectivity index (χ0n) is 18.5. The van der Waals surface area contributed by atoms with Gasteiger partial charge in [-0.25, -0.2) is 9.78 Å². The van der Waals surface area contributed by atoms with Crippen molar-refractivity contribution in [3.05, 3.63) is 78.0 Å². The van der Waals surface area contributed by atoms with Crippen molar-refractivity contribution >= 4 is 17.6 Å². The van der Waals surface area contributed by atoms with Gasteiger partial charge >= 0.3 is 5.97 Å². The average molecular weight is 463 g/mol. The predicted molar refractivity (Wildman–Crippen MR) is 125 cm³/mol. The number of ether oxygens (including phenoxy) is 2. The lowest BCUT2D eigenvalue weighted by Crippen LogP contribution is -2.34. The van der Waals surface area contributed by atoms with Crippen molar-refractivity contribution in [2.75, 3.05) is 5.32 Å². The van der Waals surface area contributed by atoms with Crippen LogP contribution in [0.3, 0.4) is 0 Å². The Balaban J connectivity index is 1.30. The molecular weight excluding hydrogens is 436 g/mol. The van der Waals surface area contributed by atoms with Crippen molar-refractivity contribution in [3.63, 3.8) is 0 Å². The number of pyridine rings is 1. The third-order valence-electron chi connectivity index (χ3n) is 5.60. The summed E-state index contributed by atoms with van der Waals surface area (Å²) in [5, 5.41) is 21.9. The van der Waals surface area contributed by atoms with Crippen LogP contribution in [0, 0.1) is 0 Å². The van der Waals surface area contributed by atoms with Gasteiger partial charge in [-0.15, -0.1) is 0 Å². The molecule has 0 radical (unpaired) electrons. The molecule has 0 saturated heterocycles. The maximum Gasteiger partial charge on any atom is 0.337 e. The number of amides is 1. The fourth-order valence-corrected chi connectivity index (χ4v) is 3.83. The van der Waals surface area contributed by atoms with Crippen LogP contribution in [0.5, 0.6) is 17.4 Å². The summed E-state index contributed by atoms with van der Waals surface area (Å²) in [6.45, 7) is 0. The molecule has 34 heavy (non-hydrogen) atoms. The molecule has 1 aromatic heterocycles. The van der Waals surface area contributed by atoms with Crippen LogP contribution in [0.4, 0.5) is 5.69 Å². The lowest BCUT2D eigenvalue weighted by atomic mass is 9.95. The van der Waals surface area contributed by atoms with Gasteiger partial charge in [0.2, 0.25) is 11.8 Å². The van der Waals surface area contributed by atoms with Gasteiger partial charge in [0.25, 0.3) is 0 Å². The molecule has 1 fully saturated rings. The van der Waals surface area contributed by atoms with E-state index in [1.807, 2.05) is 0 Å². The van der Waals surface area contributed by atoms with Crippen molar-refractivity contribution < 1.29 is 29.3 Å². The summed E-state index contributed by atoms with van der Waals surface area (Å²) in [4.78, 5) is 27.9. The number of aliphatic hydroxyl groups is 1. The summed E-state index contributed by atoms with van der Waals surface area (Å²) in [6, 6.07) is 16.8. The number of nitrogens with zero attached hydrogens (tertiary/aromatic N) is 1. The molecule has 1 aliphatic carbocycles. The minimum absolute atomic E-state index is 0.0315. The third-order valence-corrected chi connectivity index (χ3v) is 5.60. The maximum atomic E-state index is 12.3. The van der Waals surface area contributed by atoms with Crippen LogP contribution in [0.25, 0.3) is 0 Å². The average Bonchev–Trinajstić information content (AvgIpc) is 2.83. The van der Waals surface area contributed by atoms with Gasteiger partial charge < -0.3 is 25.0 Å². The van der Waals surface area contributed by atoms with E-state index < -0.39 is 12.1 Å². The first-order chi connectivity index (χ1) is 16.5. The van der Waals surface area contributed by atoms with Gasteiger partial charge in [-0.1, -0.05) is 24.6 Å². The molecule has 8 nitrogen and oxygen atoms in total. The van der Waals surface area contributed by atoms with Crippen molar-refractivity contribution in [1.82, 2.24) is 4.98 Å². The molecule has 1 amide bonds. The van der Waals surface area contributed by atoms with Gasteiger partial charge in [-0.2, -0.15) is 0 Å². The fraction of sp³-hybridized carbons (Fsp3) is 0.269. The van der Waals surface area contributed by atoms with Gasteiger partial charge in [-0.05, 0) is 61.2 Å². The number of para-hydroxylation sites is 1. The second kappa shape index (κ2) is 10.8. The number of aromatic nitrogens is 1. The second-order valence-corrected chi connectivity index (χ2v) is 8.16. The van der Waals surface area contributed by atoms with Crippen LogP contribution < -0.4 is 14.8 Å². The van der Waals surface area contributed by atoms with Crippen LogP contribution in [0.2, 0.25) is 0 Å². The molecule has 0 aliphatic heterocycles. The number of benzene rings is 2. The van der Waals surface area contributed by atoms with E-state index in [1.165, 1.54) is 6.07 Å². The lowest BCUT2D eigenvalue weighted by Gasteiger charge is -2.28. The number of carboxylic acids is 1. The first-order valence-corrected chi connectivity index (χ1v) is 11.2. The zero-order chi connectivity index (χ0) is 23.9. The van der Waals surface area contributed by atoms with Crippen LogP contribution in [-0.2, 0) is 11.2 Å². The van der Waals surface area contributed by atoms with Gasteiger partial charge in [-0.3, -0.25) is 4.79 Å². The monoisotopic (exact) mass is 462 g/mol. The number of aromatic carboxylic acids is 1. The maximum absolute atomic E-state index is 12.3. The number of hydrogen-bond acceptors (Lipinski definition) is 6. The van der Waals surface area contributed by atoms with E-state index in [0.29, 0.717) is 22.9 Å². The van der Waals surface area contributed by atoms with Gasteiger partial charge in [0.05, 0.1) is 23.8 Å². The third kappa shape index (κ3) is 6.11. The second-order valence-electron chi connectivity index (χ2n) is 8.16. The minimum atomic E-state index is -1.11. The smallest absolute Gasteiger partial charge is 0.337 e. The number of carbonyl (C=O) groups is 2. The molecule has 8 heteroatoms. The number of anilines is 1. The molecule has 176 valence electrons. The summed E-state index contributed by atoms with van der Waals surface area (Å²) in [7, 11) is 0. The normalized spacial score (nSPS) is 17.6. The Kier molecular flexibility index (Phi) is 7.39. The Morgan fingerprint density at radius 1 is 0.971 bits per heavy atom. The molecule has 3 aromatic rings. The summed E-state index contributed by atoms with van der Waals surface area (Å²) in [6.07, 6.45) is 4.68. The highest BCUT2D eigenvalue weighted by molar-refractivity contribution is 6.00. The van der Waals surface area contributed by atoms with E-state index in [9.17, 15) is 19.8 Å². The highest BCUT2D eigenvalue weighted by Crippen LogP contribution is 2.27. The quantitative estimate of drug-likeness (QED) is 0.453. The summed E-state index contributed by atoms with van der Waals surface area (Å²) < 4.78 is 11.7. The molecule has 3 N–H and O–H groups in total. The first-order valence-electron chi connectivity index (χ1n) is 11.2. The standard InChI is InChI=1S/C26H26N2O6/c29-22-7-3-4-8-23(22)33-18-10-12-19(13-11-18)34-25-14-9-17(16-27-25)15-24(30)28-21-6-2-1-5-20(21)26(31)32/h1-2,5-6,9-14,16,22-23,29H,3-4,7-8,15H2,(H,28,30)(H,31,32)/t22-,23-/m1/s1. The topological polar surface area (TPSA) is 118 Å². The van der Waals surface area contributed by atoms with Crippen LogP contribution >= 0.6 is 0 Å². The molecule has 1 saturated carbocycles. The van der Waals surface area contributed by atoms with E-state index in [1.54, 1.807) is 60.8 Å². The lowest BCUT2D eigenvalue weighted by molar-refractivity contribution is -0.115. The van der Waals surface area contributed by atoms with Crippen molar-refractivity contribution in [2.45, 2.75) is 44.3 Å². The number of carbonyl (C=O) groups excluding carboxylic acids is 1. The summed E-state index contributed by atoms with van der Waals surface area (Å²) >= 11 is 0. The fourth-order valence-electron chi connectivity index (χ4n) is 3.83. The van der Waals surface area contributed by atoms with Crippen molar-refractivity contribution in [2.24, 2.45) is 0 Å². The number of nitrogens with one attached hydrogen (secondary N) is 1. The van der Waals surface area contributed by atoms with E-state index >= 15 is 0 Å². The summed E-state index contributed by atoms with van der Waals surface area (Å²) in [5.74, 6) is 0.182. The van der Waals surface area contributed by atoms with Crippen molar-refractivity contribution in [1.29, 1.82) is 0 Å². The molecule has 2 aromatic carbocycles. The molecule has 1 aliphatic rings. The van der Waals surface area contributed by atoms with Crippen LogP contribution in [-0.4, -0.2) is 39.3 Å². The number of aliphatic hydroxyl groups excluding tert-OH is 1. The number of carboxylic acid groups (broad SMARTS) is 1. The van der Waals surface area contributed by atoms with E-state index in [-0.39, 0.29) is 29.7 Å². The number of hydrogen-bond donors (Lipinski definition) is 3. The largest absolute Gasteiger partial charge is 0.488 e. The van der Waals surface area contributed by atoms with E-state index in [2.05, 4.69) is 10.3 Å². The Hall–Kier alpha value is -3.91. The highest BCUT2D eigenvalue weighted by atomic mass is 16.5. The van der Waals surface area contributed by atoms with Gasteiger partial charge in [0, 0.05) is 12.3 Å². The molecule has 2 atom stereocenters. The molecule has 0 spiro atoms. The SMILES string of the molecule is O=C(Cc1ccc(Oc2ccc(O[C@@H]3CCCC[C@H]3O)cc2)nc1)Nc1ccccc1C(=O)O. The molecular formula is C26H26N2O6. The Morgan fingerprint density at radius 2 is 1.71 bits per heavy atom.